The molecule has 1 fully saturated rings. The molecular formula is C31H30N4O5S. The van der Waals surface area contributed by atoms with E-state index in [0.717, 1.165) is 20.6 Å². The fraction of sp³-hybridized carbons (Fsp3) is 0.226. The summed E-state index contributed by atoms with van der Waals surface area (Å²) in [5.74, 6) is -1.34. The predicted molar refractivity (Wildman–Crippen MR) is 155 cm³/mol. The first-order valence-corrected chi connectivity index (χ1v) is 14.8. The number of benzene rings is 3. The lowest BCUT2D eigenvalue weighted by atomic mass is 10.0. The smallest absolute Gasteiger partial charge is 0.260 e. The van der Waals surface area contributed by atoms with Gasteiger partial charge in [-0.25, -0.2) is 13.4 Å². The number of hydrogen-bond acceptors (Lipinski definition) is 6. The molecule has 1 aliphatic heterocycles. The second kappa shape index (κ2) is 12.4. The van der Waals surface area contributed by atoms with Crippen molar-refractivity contribution in [2.75, 3.05) is 13.1 Å². The Kier molecular flexibility index (Phi) is 8.51. The summed E-state index contributed by atoms with van der Waals surface area (Å²) in [5.41, 5.74) is 1.28. The van der Waals surface area contributed by atoms with Crippen LogP contribution in [0.2, 0.25) is 0 Å². The molecule has 2 heterocycles. The van der Waals surface area contributed by atoms with Crippen molar-refractivity contribution in [3.05, 3.63) is 108 Å². The maximum absolute atomic E-state index is 13.6. The zero-order valence-corrected chi connectivity index (χ0v) is 23.1. The summed E-state index contributed by atoms with van der Waals surface area (Å²) in [6.07, 6.45) is 2.24. The standard InChI is InChI=1S/C31H30N4O5S/c36-28-21-35(41(39,40)29-17-6-7-18-32-29)19-9-16-26(28)33-31(38)27(20-22-10-2-1-3-11-22)34-30(37)25-15-8-13-23-12-4-5-14-24(23)25/h1-8,10-15,17-18,26-27H,9,16,19-21H2,(H,33,38)(H,34,37)/t26-,27?/m1/s1. The molecule has 0 spiro atoms. The van der Waals surface area contributed by atoms with E-state index >= 15 is 0 Å². The second-order valence-electron chi connectivity index (χ2n) is 9.92. The summed E-state index contributed by atoms with van der Waals surface area (Å²) in [6, 6.07) is 24.9. The Morgan fingerprint density at radius 1 is 0.927 bits per heavy atom. The SMILES string of the molecule is O=C(NC(Cc1ccccc1)C(=O)N[C@@H]1CCCN(S(=O)(=O)c2ccccn2)CC1=O)c1cccc2ccccc12. The zero-order valence-electron chi connectivity index (χ0n) is 22.3. The molecule has 0 saturated carbocycles. The van der Waals surface area contributed by atoms with Crippen LogP contribution in [0.15, 0.2) is 102 Å². The van der Waals surface area contributed by atoms with Crippen LogP contribution in [0.1, 0.15) is 28.8 Å². The molecule has 2 amide bonds. The first-order valence-electron chi connectivity index (χ1n) is 13.4. The lowest BCUT2D eigenvalue weighted by molar-refractivity contribution is -0.128. The van der Waals surface area contributed by atoms with Gasteiger partial charge in [0.05, 0.1) is 12.6 Å². The number of carbonyl (C=O) groups is 3. The molecule has 0 radical (unpaired) electrons. The lowest BCUT2D eigenvalue weighted by Gasteiger charge is -2.23. The second-order valence-corrected chi connectivity index (χ2v) is 11.8. The highest BCUT2D eigenvalue weighted by Gasteiger charge is 2.34. The van der Waals surface area contributed by atoms with Gasteiger partial charge in [0.25, 0.3) is 15.9 Å². The predicted octanol–water partition coefficient (Wildman–Crippen LogP) is 3.11. The van der Waals surface area contributed by atoms with Gasteiger partial charge in [0, 0.05) is 24.7 Å². The number of Topliss-reactive ketones (excluding diaryl/α,β-unsaturated/α-hetero) is 1. The van der Waals surface area contributed by atoms with E-state index in [1.165, 1.54) is 12.3 Å². The Morgan fingerprint density at radius 3 is 2.44 bits per heavy atom. The largest absolute Gasteiger partial charge is 0.344 e. The molecule has 41 heavy (non-hydrogen) atoms. The summed E-state index contributed by atoms with van der Waals surface area (Å²) < 4.78 is 27.2. The number of rotatable bonds is 8. The minimum Gasteiger partial charge on any atom is -0.344 e. The van der Waals surface area contributed by atoms with Crippen molar-refractivity contribution in [2.24, 2.45) is 0 Å². The normalized spacial score (nSPS) is 17.0. The van der Waals surface area contributed by atoms with Crippen LogP contribution in [0.4, 0.5) is 0 Å². The fourth-order valence-corrected chi connectivity index (χ4v) is 6.35. The lowest BCUT2D eigenvalue weighted by Crippen LogP contribution is -2.53. The molecule has 1 unspecified atom stereocenters. The van der Waals surface area contributed by atoms with E-state index in [-0.39, 0.29) is 31.0 Å². The molecule has 2 atom stereocenters. The van der Waals surface area contributed by atoms with Crippen LogP contribution in [0, 0.1) is 0 Å². The number of ketones is 1. The molecule has 0 bridgehead atoms. The Bertz CT molecular complexity index is 1660. The Morgan fingerprint density at radius 2 is 1.66 bits per heavy atom. The minimum atomic E-state index is -3.96. The maximum atomic E-state index is 13.6. The Hall–Kier alpha value is -4.41. The highest BCUT2D eigenvalue weighted by molar-refractivity contribution is 7.89. The van der Waals surface area contributed by atoms with Crippen LogP contribution in [0.25, 0.3) is 10.8 Å². The van der Waals surface area contributed by atoms with E-state index in [1.807, 2.05) is 60.7 Å². The number of aromatic nitrogens is 1. The van der Waals surface area contributed by atoms with Gasteiger partial charge in [-0.3, -0.25) is 14.4 Å². The molecule has 3 aromatic carbocycles. The van der Waals surface area contributed by atoms with Gasteiger partial charge in [-0.1, -0.05) is 72.8 Å². The van der Waals surface area contributed by atoms with Gasteiger partial charge in [-0.05, 0) is 47.4 Å². The van der Waals surface area contributed by atoms with Crippen LogP contribution >= 0.6 is 0 Å². The molecule has 4 aromatic rings. The molecule has 10 heteroatoms. The summed E-state index contributed by atoms with van der Waals surface area (Å²) in [5, 5.41) is 7.20. The van der Waals surface area contributed by atoms with Crippen molar-refractivity contribution in [3.63, 3.8) is 0 Å². The van der Waals surface area contributed by atoms with Gasteiger partial charge < -0.3 is 10.6 Å². The summed E-state index contributed by atoms with van der Waals surface area (Å²) >= 11 is 0. The number of hydrogen-bond donors (Lipinski definition) is 2. The molecule has 5 rings (SSSR count). The molecule has 1 saturated heterocycles. The van der Waals surface area contributed by atoms with Crippen molar-refractivity contribution in [1.82, 2.24) is 19.9 Å². The number of carbonyl (C=O) groups excluding carboxylic acids is 3. The average Bonchev–Trinajstić information content (AvgIpc) is 3.18. The summed E-state index contributed by atoms with van der Waals surface area (Å²) in [7, 11) is -3.96. The minimum absolute atomic E-state index is 0.127. The van der Waals surface area contributed by atoms with E-state index < -0.39 is 39.7 Å². The molecule has 2 N–H and O–H groups in total. The quantitative estimate of drug-likeness (QED) is 0.335. The molecule has 1 aliphatic rings. The molecule has 1 aromatic heterocycles. The maximum Gasteiger partial charge on any atom is 0.260 e. The highest BCUT2D eigenvalue weighted by atomic mass is 32.2. The van der Waals surface area contributed by atoms with Crippen molar-refractivity contribution in [1.29, 1.82) is 0 Å². The van der Waals surface area contributed by atoms with E-state index in [4.69, 9.17) is 0 Å². The van der Waals surface area contributed by atoms with E-state index in [9.17, 15) is 22.8 Å². The number of nitrogens with one attached hydrogen (secondary N) is 2. The number of sulfonamides is 1. The van der Waals surface area contributed by atoms with Crippen LogP contribution in [-0.2, 0) is 26.0 Å². The van der Waals surface area contributed by atoms with Crippen molar-refractivity contribution < 1.29 is 22.8 Å². The van der Waals surface area contributed by atoms with Gasteiger partial charge in [-0.15, -0.1) is 0 Å². The van der Waals surface area contributed by atoms with Gasteiger partial charge >= 0.3 is 0 Å². The Labute approximate surface area is 238 Å². The van der Waals surface area contributed by atoms with Gasteiger partial charge in [0.15, 0.2) is 10.8 Å². The van der Waals surface area contributed by atoms with Gasteiger partial charge in [0.1, 0.15) is 6.04 Å². The molecule has 0 aliphatic carbocycles. The van der Waals surface area contributed by atoms with E-state index in [2.05, 4.69) is 15.6 Å². The third-order valence-corrected chi connectivity index (χ3v) is 8.88. The number of pyridine rings is 1. The zero-order chi connectivity index (χ0) is 28.8. The van der Waals surface area contributed by atoms with Crippen LogP contribution in [0.5, 0.6) is 0 Å². The number of nitrogens with zero attached hydrogens (tertiary/aromatic N) is 2. The highest BCUT2D eigenvalue weighted by Crippen LogP contribution is 2.20. The van der Waals surface area contributed by atoms with E-state index in [1.54, 1.807) is 24.3 Å². The molecule has 210 valence electrons. The van der Waals surface area contributed by atoms with Gasteiger partial charge in [-0.2, -0.15) is 4.31 Å². The number of fused-ring (bicyclic) bond motifs is 1. The third kappa shape index (κ3) is 6.50. The van der Waals surface area contributed by atoms with Crippen molar-refractivity contribution >= 4 is 38.4 Å². The van der Waals surface area contributed by atoms with Crippen LogP contribution < -0.4 is 10.6 Å². The van der Waals surface area contributed by atoms with Crippen molar-refractivity contribution in [3.8, 4) is 0 Å². The number of amides is 2. The van der Waals surface area contributed by atoms with E-state index in [0.29, 0.717) is 12.0 Å². The average molecular weight is 571 g/mol. The van der Waals surface area contributed by atoms with Gasteiger partial charge in [0.2, 0.25) is 5.91 Å². The topological polar surface area (TPSA) is 126 Å². The Balaban J connectivity index is 1.33. The fourth-order valence-electron chi connectivity index (χ4n) is 4.98. The third-order valence-electron chi connectivity index (χ3n) is 7.12. The van der Waals surface area contributed by atoms with Crippen molar-refractivity contribution in [2.45, 2.75) is 36.4 Å². The first kappa shape index (κ1) is 28.1. The first-order chi connectivity index (χ1) is 19.8. The molecular weight excluding hydrogens is 540 g/mol. The summed E-state index contributed by atoms with van der Waals surface area (Å²) in [6.45, 7) is -0.252. The monoisotopic (exact) mass is 570 g/mol. The summed E-state index contributed by atoms with van der Waals surface area (Å²) in [4.78, 5) is 44.1. The van der Waals surface area contributed by atoms with Crippen LogP contribution in [-0.4, -0.2) is 60.5 Å². The molecule has 9 nitrogen and oxygen atoms in total. The van der Waals surface area contributed by atoms with Crippen LogP contribution in [0.3, 0.4) is 0 Å².